The number of carbonyl (C=O) groups excluding carboxylic acids is 3. The third-order valence-corrected chi connectivity index (χ3v) is 4.66. The van der Waals surface area contributed by atoms with Gasteiger partial charge in [-0.05, 0) is 37.8 Å². The summed E-state index contributed by atoms with van der Waals surface area (Å²) in [7, 11) is 1.70. The Balaban J connectivity index is 1.55. The van der Waals surface area contributed by atoms with E-state index >= 15 is 0 Å². The van der Waals surface area contributed by atoms with Crippen molar-refractivity contribution < 1.29 is 19.1 Å². The number of ether oxygens (including phenoxy) is 1. The predicted molar refractivity (Wildman–Crippen MR) is 87.7 cm³/mol. The molecule has 1 aromatic rings. The summed E-state index contributed by atoms with van der Waals surface area (Å²) < 4.78 is 5.66. The summed E-state index contributed by atoms with van der Waals surface area (Å²) in [6, 6.07) is 6.66. The van der Waals surface area contributed by atoms with Gasteiger partial charge >= 0.3 is 0 Å². The molecule has 0 radical (unpaired) electrons. The Morgan fingerprint density at radius 1 is 1.21 bits per heavy atom. The fourth-order valence-electron chi connectivity index (χ4n) is 3.14. The van der Waals surface area contributed by atoms with Crippen molar-refractivity contribution in [3.05, 3.63) is 35.4 Å². The maximum atomic E-state index is 12.4. The third kappa shape index (κ3) is 3.33. The lowest BCUT2D eigenvalue weighted by Gasteiger charge is -2.26. The minimum atomic E-state index is -0.395. The Hall–Kier alpha value is -2.21. The zero-order valence-corrected chi connectivity index (χ0v) is 13.9. The minimum Gasteiger partial charge on any atom is -0.378 e. The number of amides is 3. The van der Waals surface area contributed by atoms with Crippen LogP contribution < -0.4 is 0 Å². The van der Waals surface area contributed by atoms with Crippen LogP contribution in [0.5, 0.6) is 0 Å². The molecule has 1 atom stereocenters. The molecule has 0 spiro atoms. The van der Waals surface area contributed by atoms with Gasteiger partial charge < -0.3 is 9.64 Å². The Bertz CT molecular complexity index is 617. The maximum absolute atomic E-state index is 12.4. The molecule has 2 aliphatic rings. The van der Waals surface area contributed by atoms with Crippen molar-refractivity contribution in [2.75, 3.05) is 26.7 Å². The first-order chi connectivity index (χ1) is 11.6. The van der Waals surface area contributed by atoms with E-state index in [9.17, 15) is 14.4 Å². The quantitative estimate of drug-likeness (QED) is 0.771. The molecule has 1 fully saturated rings. The van der Waals surface area contributed by atoms with Crippen LogP contribution in [0.15, 0.2) is 24.3 Å². The second-order valence-corrected chi connectivity index (χ2v) is 6.33. The maximum Gasteiger partial charge on any atom is 0.262 e. The third-order valence-electron chi connectivity index (χ3n) is 4.66. The standard InChI is InChI=1S/C18H22N2O4/c1-19(10-9-13-6-4-5-11-24-13)16(21)12-20-17(22)14-7-2-3-8-15(14)18(20)23/h2-3,7-8,13H,4-6,9-12H2,1H3. The summed E-state index contributed by atoms with van der Waals surface area (Å²) in [4.78, 5) is 39.5. The highest BCUT2D eigenvalue weighted by Crippen LogP contribution is 2.22. The van der Waals surface area contributed by atoms with Crippen LogP contribution in [0.1, 0.15) is 46.4 Å². The zero-order chi connectivity index (χ0) is 17.1. The van der Waals surface area contributed by atoms with Crippen molar-refractivity contribution in [1.29, 1.82) is 0 Å². The van der Waals surface area contributed by atoms with Gasteiger partial charge in [0.2, 0.25) is 5.91 Å². The lowest BCUT2D eigenvalue weighted by molar-refractivity contribution is -0.130. The number of carbonyl (C=O) groups is 3. The molecule has 2 heterocycles. The van der Waals surface area contributed by atoms with Crippen LogP contribution >= 0.6 is 0 Å². The van der Waals surface area contributed by atoms with Crippen molar-refractivity contribution in [3.8, 4) is 0 Å². The number of nitrogens with zero attached hydrogens (tertiary/aromatic N) is 2. The van der Waals surface area contributed by atoms with Gasteiger partial charge in [-0.1, -0.05) is 12.1 Å². The summed E-state index contributed by atoms with van der Waals surface area (Å²) in [6.07, 6.45) is 4.28. The second-order valence-electron chi connectivity index (χ2n) is 6.33. The van der Waals surface area contributed by atoms with Crippen LogP contribution in [0.25, 0.3) is 0 Å². The highest BCUT2D eigenvalue weighted by Gasteiger charge is 2.36. The first-order valence-electron chi connectivity index (χ1n) is 8.38. The van der Waals surface area contributed by atoms with Gasteiger partial charge in [-0.25, -0.2) is 0 Å². The van der Waals surface area contributed by atoms with Gasteiger partial charge in [0.15, 0.2) is 0 Å². The molecule has 2 aliphatic heterocycles. The fraction of sp³-hybridized carbons (Fsp3) is 0.500. The topological polar surface area (TPSA) is 66.9 Å². The molecule has 6 nitrogen and oxygen atoms in total. The Kier molecular flexibility index (Phi) is 4.94. The monoisotopic (exact) mass is 330 g/mol. The number of hydrogen-bond donors (Lipinski definition) is 0. The molecule has 0 saturated carbocycles. The van der Waals surface area contributed by atoms with Crippen LogP contribution in [0.2, 0.25) is 0 Å². The molecule has 0 aromatic heterocycles. The molecule has 0 aliphatic carbocycles. The summed E-state index contributed by atoms with van der Waals surface area (Å²) in [5, 5.41) is 0. The molecule has 6 heteroatoms. The fourth-order valence-corrected chi connectivity index (χ4v) is 3.14. The van der Waals surface area contributed by atoms with Crippen molar-refractivity contribution >= 4 is 17.7 Å². The molecule has 0 N–H and O–H groups in total. The number of imide groups is 1. The van der Waals surface area contributed by atoms with E-state index in [0.29, 0.717) is 17.7 Å². The van der Waals surface area contributed by atoms with E-state index in [1.807, 2.05) is 0 Å². The molecule has 1 saturated heterocycles. The largest absolute Gasteiger partial charge is 0.378 e. The van der Waals surface area contributed by atoms with Gasteiger partial charge in [-0.3, -0.25) is 19.3 Å². The summed E-state index contributed by atoms with van der Waals surface area (Å²) in [5.41, 5.74) is 0.738. The number of rotatable bonds is 5. The number of fused-ring (bicyclic) bond motifs is 1. The second kappa shape index (κ2) is 7.13. The number of hydrogen-bond acceptors (Lipinski definition) is 4. The normalized spacial score (nSPS) is 20.2. The average molecular weight is 330 g/mol. The highest BCUT2D eigenvalue weighted by atomic mass is 16.5. The van der Waals surface area contributed by atoms with Crippen molar-refractivity contribution in [2.24, 2.45) is 0 Å². The highest BCUT2D eigenvalue weighted by molar-refractivity contribution is 6.22. The van der Waals surface area contributed by atoms with Gasteiger partial charge in [-0.15, -0.1) is 0 Å². The Labute approximate surface area is 141 Å². The van der Waals surface area contributed by atoms with Crippen LogP contribution in [-0.2, 0) is 9.53 Å². The smallest absolute Gasteiger partial charge is 0.262 e. The van der Waals surface area contributed by atoms with E-state index < -0.39 is 11.8 Å². The molecular formula is C18H22N2O4. The van der Waals surface area contributed by atoms with Crippen LogP contribution in [-0.4, -0.2) is 60.4 Å². The first-order valence-corrected chi connectivity index (χ1v) is 8.38. The van der Waals surface area contributed by atoms with Gasteiger partial charge in [0.1, 0.15) is 6.54 Å². The summed E-state index contributed by atoms with van der Waals surface area (Å²) in [5.74, 6) is -1.03. The van der Waals surface area contributed by atoms with Crippen LogP contribution in [0.4, 0.5) is 0 Å². The van der Waals surface area contributed by atoms with Crippen molar-refractivity contribution in [2.45, 2.75) is 31.8 Å². The van der Waals surface area contributed by atoms with E-state index in [2.05, 4.69) is 0 Å². The van der Waals surface area contributed by atoms with Crippen LogP contribution in [0, 0.1) is 0 Å². The lowest BCUT2D eigenvalue weighted by atomic mass is 10.1. The number of likely N-dealkylation sites (N-methyl/N-ethyl adjacent to an activating group) is 1. The Morgan fingerprint density at radius 3 is 2.46 bits per heavy atom. The van der Waals surface area contributed by atoms with E-state index in [0.717, 1.165) is 37.2 Å². The SMILES string of the molecule is CN(CCC1CCCCO1)C(=O)CN1C(=O)c2ccccc2C1=O. The molecule has 1 aromatic carbocycles. The molecule has 3 rings (SSSR count). The van der Waals surface area contributed by atoms with Gasteiger partial charge in [0.25, 0.3) is 11.8 Å². The van der Waals surface area contributed by atoms with E-state index in [-0.39, 0.29) is 18.6 Å². The molecule has 24 heavy (non-hydrogen) atoms. The molecule has 0 bridgehead atoms. The zero-order valence-electron chi connectivity index (χ0n) is 13.9. The molecule has 128 valence electrons. The average Bonchev–Trinajstić information content (AvgIpc) is 2.86. The number of benzene rings is 1. The first kappa shape index (κ1) is 16.6. The molecule has 3 amide bonds. The van der Waals surface area contributed by atoms with E-state index in [4.69, 9.17) is 4.74 Å². The van der Waals surface area contributed by atoms with E-state index in [1.165, 1.54) is 0 Å². The van der Waals surface area contributed by atoms with Gasteiger partial charge in [0.05, 0.1) is 17.2 Å². The minimum absolute atomic E-state index is 0.202. The lowest BCUT2D eigenvalue weighted by Crippen LogP contribution is -2.42. The van der Waals surface area contributed by atoms with Crippen LogP contribution in [0.3, 0.4) is 0 Å². The summed E-state index contributed by atoms with van der Waals surface area (Å²) in [6.45, 7) is 1.14. The molecular weight excluding hydrogens is 308 g/mol. The van der Waals surface area contributed by atoms with Crippen molar-refractivity contribution in [3.63, 3.8) is 0 Å². The summed E-state index contributed by atoms with van der Waals surface area (Å²) >= 11 is 0. The molecule has 1 unspecified atom stereocenters. The van der Waals surface area contributed by atoms with E-state index in [1.54, 1.807) is 36.2 Å². The Morgan fingerprint density at radius 2 is 1.88 bits per heavy atom. The predicted octanol–water partition coefficient (Wildman–Crippen LogP) is 1.70. The van der Waals surface area contributed by atoms with Gasteiger partial charge in [0, 0.05) is 20.2 Å². The van der Waals surface area contributed by atoms with Crippen molar-refractivity contribution in [1.82, 2.24) is 9.80 Å². The van der Waals surface area contributed by atoms with Gasteiger partial charge in [-0.2, -0.15) is 0 Å².